The van der Waals surface area contributed by atoms with E-state index in [4.69, 9.17) is 0 Å². The number of hydrogen-bond acceptors (Lipinski definition) is 3. The first-order chi connectivity index (χ1) is 14.4. The third-order valence-electron chi connectivity index (χ3n) is 8.10. The molecule has 5 aliphatic rings. The van der Waals surface area contributed by atoms with E-state index in [-0.39, 0.29) is 17.5 Å². The molecule has 1 aromatic rings. The average molecular weight is 432 g/mol. The van der Waals surface area contributed by atoms with Crippen LogP contribution in [0.3, 0.4) is 0 Å². The molecule has 4 aliphatic carbocycles. The monoisotopic (exact) mass is 431 g/mol. The van der Waals surface area contributed by atoms with Crippen LogP contribution in [0.4, 0.5) is 4.79 Å². The van der Waals surface area contributed by atoms with Gasteiger partial charge in [-0.1, -0.05) is 18.2 Å². The Morgan fingerprint density at radius 3 is 2.63 bits per heavy atom. The molecule has 2 N–H and O–H groups in total. The summed E-state index contributed by atoms with van der Waals surface area (Å²) in [5, 5.41) is 6.42. The molecule has 5 fully saturated rings. The van der Waals surface area contributed by atoms with Crippen molar-refractivity contribution in [1.29, 1.82) is 0 Å². The standard InChI is InChI=1S/C23H33N3O3S/c1-16-5-2-3-7-21(16)30(28,29)26-8-4-6-17(15-26)14-24-22(27)25-23-12-18-9-19(13-23)11-20(23)10-18/h2-3,5,7,17-20H,4,6,8-15H2,1H3,(H2,24,25,27)/t17?,18-,19?,20?,23?/m0/s1. The molecule has 5 atom stereocenters. The Morgan fingerprint density at radius 2 is 1.90 bits per heavy atom. The lowest BCUT2D eigenvalue weighted by molar-refractivity contribution is 0.201. The first kappa shape index (κ1) is 20.3. The number of carbonyl (C=O) groups excluding carboxylic acids is 1. The van der Waals surface area contributed by atoms with Crippen molar-refractivity contribution in [3.05, 3.63) is 29.8 Å². The smallest absolute Gasteiger partial charge is 0.315 e. The molecule has 0 radical (unpaired) electrons. The van der Waals surface area contributed by atoms with E-state index in [0.29, 0.717) is 30.4 Å². The van der Waals surface area contributed by atoms with E-state index < -0.39 is 10.0 Å². The zero-order chi connectivity index (χ0) is 20.9. The molecule has 6 rings (SSSR count). The normalized spacial score (nSPS) is 35.5. The Morgan fingerprint density at radius 1 is 1.17 bits per heavy atom. The summed E-state index contributed by atoms with van der Waals surface area (Å²) in [6, 6.07) is 7.09. The van der Waals surface area contributed by atoms with Gasteiger partial charge in [0.1, 0.15) is 0 Å². The number of carbonyl (C=O) groups is 1. The lowest BCUT2D eigenvalue weighted by atomic mass is 9.80. The van der Waals surface area contributed by atoms with Crippen molar-refractivity contribution < 1.29 is 13.2 Å². The number of rotatable bonds is 5. The van der Waals surface area contributed by atoms with E-state index >= 15 is 0 Å². The molecule has 1 aromatic carbocycles. The minimum atomic E-state index is -3.49. The van der Waals surface area contributed by atoms with Gasteiger partial charge in [-0.25, -0.2) is 13.2 Å². The van der Waals surface area contributed by atoms with E-state index in [2.05, 4.69) is 10.6 Å². The molecule has 4 unspecified atom stereocenters. The second-order valence-corrected chi connectivity index (χ2v) is 12.1. The number of aryl methyl sites for hydroxylation is 1. The van der Waals surface area contributed by atoms with E-state index in [0.717, 1.165) is 43.1 Å². The number of nitrogens with one attached hydrogen (secondary N) is 2. The minimum Gasteiger partial charge on any atom is -0.338 e. The van der Waals surface area contributed by atoms with Crippen molar-refractivity contribution in [2.75, 3.05) is 19.6 Å². The van der Waals surface area contributed by atoms with Gasteiger partial charge in [0.2, 0.25) is 10.0 Å². The van der Waals surface area contributed by atoms with Gasteiger partial charge >= 0.3 is 6.03 Å². The first-order valence-electron chi connectivity index (χ1n) is 11.5. The molecule has 0 spiro atoms. The van der Waals surface area contributed by atoms with Gasteiger partial charge in [-0.15, -0.1) is 0 Å². The fourth-order valence-corrected chi connectivity index (χ4v) is 8.68. The van der Waals surface area contributed by atoms with Crippen LogP contribution in [0, 0.1) is 30.6 Å². The SMILES string of the molecule is Cc1ccccc1S(=O)(=O)N1CCCC(CNC(=O)NC23CC4CC2C[C@H](C4)C3)C1. The largest absolute Gasteiger partial charge is 0.338 e. The van der Waals surface area contributed by atoms with Gasteiger partial charge in [0.05, 0.1) is 4.90 Å². The van der Waals surface area contributed by atoms with E-state index in [1.165, 1.54) is 19.3 Å². The number of urea groups is 1. The molecule has 4 bridgehead atoms. The minimum absolute atomic E-state index is 0.0322. The van der Waals surface area contributed by atoms with Crippen LogP contribution in [0.1, 0.15) is 50.5 Å². The van der Waals surface area contributed by atoms with Crippen LogP contribution >= 0.6 is 0 Å². The van der Waals surface area contributed by atoms with Crippen molar-refractivity contribution >= 4 is 16.1 Å². The van der Waals surface area contributed by atoms with Crippen LogP contribution in [0.15, 0.2) is 29.2 Å². The van der Waals surface area contributed by atoms with Crippen LogP contribution < -0.4 is 10.6 Å². The summed E-state index contributed by atoms with van der Waals surface area (Å²) in [5.74, 6) is 2.43. The van der Waals surface area contributed by atoms with E-state index in [1.807, 2.05) is 19.1 Å². The summed E-state index contributed by atoms with van der Waals surface area (Å²) in [7, 11) is -3.49. The molecule has 6 nitrogen and oxygen atoms in total. The highest BCUT2D eigenvalue weighted by Gasteiger charge is 2.58. The maximum atomic E-state index is 13.1. The topological polar surface area (TPSA) is 78.5 Å². The maximum Gasteiger partial charge on any atom is 0.315 e. The van der Waals surface area contributed by atoms with Gasteiger partial charge < -0.3 is 10.6 Å². The number of sulfonamides is 1. The van der Waals surface area contributed by atoms with Gasteiger partial charge in [0.25, 0.3) is 0 Å². The highest BCUT2D eigenvalue weighted by atomic mass is 32.2. The second kappa shape index (κ2) is 7.52. The van der Waals surface area contributed by atoms with Crippen molar-refractivity contribution in [2.45, 2.75) is 62.3 Å². The molecular weight excluding hydrogens is 398 g/mol. The predicted molar refractivity (Wildman–Crippen MR) is 115 cm³/mol. The highest BCUT2D eigenvalue weighted by molar-refractivity contribution is 7.89. The summed E-state index contributed by atoms with van der Waals surface area (Å²) in [5.41, 5.74) is 0.807. The molecule has 4 saturated carbocycles. The third-order valence-corrected chi connectivity index (χ3v) is 10.1. The number of amides is 2. The van der Waals surface area contributed by atoms with Crippen molar-refractivity contribution in [1.82, 2.24) is 14.9 Å². The third kappa shape index (κ3) is 3.54. The van der Waals surface area contributed by atoms with Crippen LogP contribution in [0.25, 0.3) is 0 Å². The summed E-state index contributed by atoms with van der Waals surface area (Å²) in [4.78, 5) is 13.1. The van der Waals surface area contributed by atoms with E-state index in [9.17, 15) is 13.2 Å². The average Bonchev–Trinajstić information content (AvgIpc) is 3.09. The quantitative estimate of drug-likeness (QED) is 0.751. The Labute approximate surface area is 179 Å². The number of nitrogens with zero attached hydrogens (tertiary/aromatic N) is 1. The fourth-order valence-electron chi connectivity index (χ4n) is 6.90. The molecule has 30 heavy (non-hydrogen) atoms. The zero-order valence-electron chi connectivity index (χ0n) is 17.8. The van der Waals surface area contributed by atoms with Crippen LogP contribution in [0.2, 0.25) is 0 Å². The summed E-state index contributed by atoms with van der Waals surface area (Å²) in [6.07, 6.45) is 7.98. The lowest BCUT2D eigenvalue weighted by Gasteiger charge is -2.35. The Bertz CT molecular complexity index is 917. The zero-order valence-corrected chi connectivity index (χ0v) is 18.6. The summed E-state index contributed by atoms with van der Waals surface area (Å²) in [6.45, 7) is 3.38. The molecule has 164 valence electrons. The molecule has 1 aliphatic heterocycles. The Kier molecular flexibility index (Phi) is 5.09. The van der Waals surface area contributed by atoms with Gasteiger partial charge in [0.15, 0.2) is 0 Å². The Balaban J connectivity index is 1.17. The highest BCUT2D eigenvalue weighted by Crippen LogP contribution is 2.60. The molecule has 1 heterocycles. The lowest BCUT2D eigenvalue weighted by Crippen LogP contribution is -2.54. The molecule has 0 aromatic heterocycles. The van der Waals surface area contributed by atoms with Crippen LogP contribution in [-0.4, -0.2) is 43.9 Å². The van der Waals surface area contributed by atoms with Crippen molar-refractivity contribution in [3.63, 3.8) is 0 Å². The van der Waals surface area contributed by atoms with Crippen LogP contribution in [0.5, 0.6) is 0 Å². The first-order valence-corrected chi connectivity index (χ1v) is 12.9. The van der Waals surface area contributed by atoms with Gasteiger partial charge in [-0.2, -0.15) is 4.31 Å². The van der Waals surface area contributed by atoms with Crippen molar-refractivity contribution in [3.8, 4) is 0 Å². The molecule has 1 saturated heterocycles. The number of benzene rings is 1. The fraction of sp³-hybridized carbons (Fsp3) is 0.696. The summed E-state index contributed by atoms with van der Waals surface area (Å²) < 4.78 is 27.8. The van der Waals surface area contributed by atoms with Gasteiger partial charge in [-0.05, 0) is 87.2 Å². The van der Waals surface area contributed by atoms with Gasteiger partial charge in [-0.3, -0.25) is 0 Å². The van der Waals surface area contributed by atoms with Gasteiger partial charge in [0, 0.05) is 25.2 Å². The number of hydrogen-bond donors (Lipinski definition) is 2. The summed E-state index contributed by atoms with van der Waals surface area (Å²) >= 11 is 0. The molecule has 2 amide bonds. The molecular formula is C23H33N3O3S. The Hall–Kier alpha value is -1.60. The maximum absolute atomic E-state index is 13.1. The second-order valence-electron chi connectivity index (χ2n) is 10.2. The van der Waals surface area contributed by atoms with E-state index in [1.54, 1.807) is 16.4 Å². The number of piperidine rings is 1. The van der Waals surface area contributed by atoms with Crippen LogP contribution in [-0.2, 0) is 10.0 Å². The predicted octanol–water partition coefficient (Wildman–Crippen LogP) is 3.27. The molecule has 7 heteroatoms. The van der Waals surface area contributed by atoms with Crippen molar-refractivity contribution in [2.24, 2.45) is 23.7 Å².